The van der Waals surface area contributed by atoms with Crippen molar-refractivity contribution in [3.8, 4) is 5.75 Å². The second-order valence-electron chi connectivity index (χ2n) is 11.2. The number of aromatic hydroxyl groups is 1. The van der Waals surface area contributed by atoms with E-state index in [0.717, 1.165) is 25.7 Å². The number of cyclic esters (lactones) is 1. The maximum Gasteiger partial charge on any atom is 0.338 e. The van der Waals surface area contributed by atoms with Gasteiger partial charge in [0.15, 0.2) is 0 Å². The van der Waals surface area contributed by atoms with Gasteiger partial charge >= 0.3 is 5.97 Å². The number of phenols is 1. The van der Waals surface area contributed by atoms with Crippen LogP contribution in [0.4, 0.5) is 0 Å². The van der Waals surface area contributed by atoms with Crippen molar-refractivity contribution in [3.63, 3.8) is 0 Å². The van der Waals surface area contributed by atoms with Crippen LogP contribution in [0.3, 0.4) is 0 Å². The largest absolute Gasteiger partial charge is 0.508 e. The Balaban J connectivity index is 2.09. The third-order valence-electron chi connectivity index (χ3n) is 7.89. The summed E-state index contributed by atoms with van der Waals surface area (Å²) in [5.41, 5.74) is 1.14. The third-order valence-corrected chi connectivity index (χ3v) is 10.8. The number of allylic oxidation sites excluding steroid dienone is 2. The molecule has 34 heavy (non-hydrogen) atoms. The summed E-state index contributed by atoms with van der Waals surface area (Å²) in [4.78, 5) is 13.2. The van der Waals surface area contributed by atoms with Gasteiger partial charge in [0.2, 0.25) is 0 Å². The van der Waals surface area contributed by atoms with Gasteiger partial charge in [-0.05, 0) is 96.4 Å². The molecule has 0 unspecified atom stereocenters. The second kappa shape index (κ2) is 10.2. The lowest BCUT2D eigenvalue weighted by atomic mass is 9.66. The zero-order chi connectivity index (χ0) is 25.5. The Kier molecular flexibility index (Phi) is 8.33. The average Bonchev–Trinajstić information content (AvgIpc) is 2.75. The summed E-state index contributed by atoms with van der Waals surface area (Å²) in [5.74, 6) is -0.394. The first-order chi connectivity index (χ1) is 15.6. The Morgan fingerprint density at radius 2 is 1.76 bits per heavy atom. The van der Waals surface area contributed by atoms with Crippen LogP contribution in [-0.4, -0.2) is 48.2 Å². The minimum absolute atomic E-state index is 0.153. The zero-order valence-corrected chi connectivity index (χ0v) is 24.0. The zero-order valence-electron chi connectivity index (χ0n) is 20.8. The number of phenolic OH excluding ortho intramolecular Hbond substituents is 1. The Morgan fingerprint density at radius 3 is 2.41 bits per heavy atom. The molecule has 190 valence electrons. The van der Waals surface area contributed by atoms with Crippen LogP contribution in [0.1, 0.15) is 89.1 Å². The van der Waals surface area contributed by atoms with Gasteiger partial charge in [0, 0.05) is 15.1 Å². The minimum Gasteiger partial charge on any atom is -0.508 e. The van der Waals surface area contributed by atoms with Gasteiger partial charge in [-0.15, -0.1) is 0 Å². The van der Waals surface area contributed by atoms with Crippen molar-refractivity contribution in [2.45, 2.75) is 107 Å². The molecule has 0 saturated heterocycles. The number of carbonyl (C=O) groups is 1. The molecule has 0 amide bonds. The van der Waals surface area contributed by atoms with Crippen molar-refractivity contribution in [2.75, 3.05) is 0 Å². The highest BCUT2D eigenvalue weighted by molar-refractivity contribution is 9.09. The number of fused-ring (bicyclic) bond motifs is 3. The van der Waals surface area contributed by atoms with E-state index in [2.05, 4.69) is 45.7 Å². The van der Waals surface area contributed by atoms with E-state index >= 15 is 0 Å². The fourth-order valence-corrected chi connectivity index (χ4v) is 6.46. The van der Waals surface area contributed by atoms with E-state index < -0.39 is 23.3 Å². The van der Waals surface area contributed by atoms with Crippen LogP contribution in [0.15, 0.2) is 29.3 Å². The number of hydrogen-bond acceptors (Lipinski definition) is 5. The monoisotopic (exact) mass is 600 g/mol. The first kappa shape index (κ1) is 27.7. The van der Waals surface area contributed by atoms with Gasteiger partial charge < -0.3 is 20.1 Å². The van der Waals surface area contributed by atoms with Crippen LogP contribution >= 0.6 is 31.9 Å². The number of carbonyl (C=O) groups excluding carboxylic acids is 1. The smallest absolute Gasteiger partial charge is 0.338 e. The molecule has 2 aliphatic rings. The van der Waals surface area contributed by atoms with Crippen molar-refractivity contribution in [1.29, 1.82) is 0 Å². The van der Waals surface area contributed by atoms with Gasteiger partial charge in [0.1, 0.15) is 11.9 Å². The summed E-state index contributed by atoms with van der Waals surface area (Å²) >= 11 is 7.68. The summed E-state index contributed by atoms with van der Waals surface area (Å²) in [6.07, 6.45) is 4.04. The van der Waals surface area contributed by atoms with Gasteiger partial charge in [0.05, 0.1) is 16.8 Å². The van der Waals surface area contributed by atoms with Crippen molar-refractivity contribution in [3.05, 3.63) is 40.5 Å². The SMILES string of the molecule is CC1=C2Cc3cc(ccc3O)C(=O)O[C@H](C(C)(C)O)CC[C@](C)(O)[C@H](Br)CC[C@]2(C)[C@@H](Br)CC1. The number of ether oxygens (including phenoxy) is 1. The summed E-state index contributed by atoms with van der Waals surface area (Å²) in [6, 6.07) is 4.81. The standard InChI is InChI=1S/C27H38Br2O5/c1-16-6-9-21(28)26(4)12-10-22(29)27(5,33)13-11-23(25(2,3)32)34-24(31)17-7-8-20(30)18(14-17)15-19(16)26/h7-8,14,21-23,30,32-33H,6,9-13,15H2,1-5H3/t21-,22+,23-,26-,27-/m0/s1. The molecule has 5 nitrogen and oxygen atoms in total. The van der Waals surface area contributed by atoms with Gasteiger partial charge in [-0.2, -0.15) is 0 Å². The van der Waals surface area contributed by atoms with E-state index in [4.69, 9.17) is 4.74 Å². The predicted octanol–water partition coefficient (Wildman–Crippen LogP) is 6.20. The summed E-state index contributed by atoms with van der Waals surface area (Å²) in [5, 5.41) is 32.6. The van der Waals surface area contributed by atoms with Crippen molar-refractivity contribution >= 4 is 37.8 Å². The fraction of sp³-hybridized carbons (Fsp3) is 0.667. The molecule has 0 spiro atoms. The molecule has 0 saturated carbocycles. The molecule has 0 aromatic heterocycles. The highest BCUT2D eigenvalue weighted by Crippen LogP contribution is 2.50. The van der Waals surface area contributed by atoms with Crippen molar-refractivity contribution in [1.82, 2.24) is 0 Å². The molecular weight excluding hydrogens is 564 g/mol. The molecule has 1 aromatic carbocycles. The van der Waals surface area contributed by atoms with Crippen molar-refractivity contribution in [2.24, 2.45) is 5.41 Å². The van der Waals surface area contributed by atoms with E-state index in [1.807, 2.05) is 0 Å². The molecule has 0 fully saturated rings. The number of halogens is 2. The van der Waals surface area contributed by atoms with E-state index in [-0.39, 0.29) is 20.8 Å². The summed E-state index contributed by atoms with van der Waals surface area (Å²) in [7, 11) is 0. The first-order valence-corrected chi connectivity index (χ1v) is 13.9. The van der Waals surface area contributed by atoms with Crippen molar-refractivity contribution < 1.29 is 24.9 Å². The number of aliphatic hydroxyl groups is 2. The molecule has 1 aliphatic carbocycles. The topological polar surface area (TPSA) is 87.0 Å². The fourth-order valence-electron chi connectivity index (χ4n) is 5.27. The van der Waals surface area contributed by atoms with E-state index in [9.17, 15) is 20.1 Å². The number of benzene rings is 1. The van der Waals surface area contributed by atoms with Crippen LogP contribution in [0.2, 0.25) is 0 Å². The van der Waals surface area contributed by atoms with Crippen LogP contribution in [-0.2, 0) is 11.2 Å². The molecule has 3 rings (SSSR count). The lowest BCUT2D eigenvalue weighted by molar-refractivity contribution is -0.0765. The highest BCUT2D eigenvalue weighted by Gasteiger charge is 2.42. The maximum absolute atomic E-state index is 13.1. The molecule has 5 atom stereocenters. The molecule has 2 bridgehead atoms. The van der Waals surface area contributed by atoms with Crippen LogP contribution in [0.5, 0.6) is 5.75 Å². The lowest BCUT2D eigenvalue weighted by Gasteiger charge is -2.43. The number of hydrogen-bond donors (Lipinski definition) is 3. The Morgan fingerprint density at radius 1 is 1.09 bits per heavy atom. The molecule has 1 aliphatic heterocycles. The normalized spacial score (nSPS) is 34.0. The molecule has 3 N–H and O–H groups in total. The second-order valence-corrected chi connectivity index (χ2v) is 13.4. The maximum atomic E-state index is 13.1. The molecular formula is C27H38Br2O5. The first-order valence-electron chi connectivity index (χ1n) is 12.1. The lowest BCUT2D eigenvalue weighted by Crippen LogP contribution is -2.43. The van der Waals surface area contributed by atoms with Gasteiger partial charge in [-0.3, -0.25) is 0 Å². The minimum atomic E-state index is -1.27. The van der Waals surface area contributed by atoms with E-state index in [1.165, 1.54) is 11.1 Å². The van der Waals surface area contributed by atoms with Gasteiger partial charge in [0.25, 0.3) is 0 Å². The predicted molar refractivity (Wildman–Crippen MR) is 142 cm³/mol. The summed E-state index contributed by atoms with van der Waals surface area (Å²) < 4.78 is 5.75. The van der Waals surface area contributed by atoms with Gasteiger partial charge in [-0.1, -0.05) is 49.9 Å². The molecule has 1 aromatic rings. The summed E-state index contributed by atoms with van der Waals surface area (Å²) in [6.45, 7) is 9.44. The van der Waals surface area contributed by atoms with E-state index in [1.54, 1.807) is 39.0 Å². The number of esters is 1. The van der Waals surface area contributed by atoms with Gasteiger partial charge in [-0.25, -0.2) is 4.79 Å². The molecule has 7 heteroatoms. The molecule has 1 heterocycles. The van der Waals surface area contributed by atoms with Crippen LogP contribution < -0.4 is 0 Å². The molecule has 0 radical (unpaired) electrons. The van der Waals surface area contributed by atoms with Crippen LogP contribution in [0.25, 0.3) is 0 Å². The Labute approximate surface area is 220 Å². The Hall–Kier alpha value is -0.890. The van der Waals surface area contributed by atoms with Crippen LogP contribution in [0, 0.1) is 5.41 Å². The highest BCUT2D eigenvalue weighted by atomic mass is 79.9. The number of rotatable bonds is 1. The number of alkyl halides is 2. The third kappa shape index (κ3) is 5.91. The quantitative estimate of drug-likeness (QED) is 0.203. The Bertz CT molecular complexity index is 949. The van der Waals surface area contributed by atoms with E-state index in [0.29, 0.717) is 30.4 Å². The average molecular weight is 602 g/mol.